The molecular weight excluding hydrogens is 190 g/mol. The van der Waals surface area contributed by atoms with E-state index in [2.05, 4.69) is 10.2 Å². The predicted octanol–water partition coefficient (Wildman–Crippen LogP) is 0.316. The van der Waals surface area contributed by atoms with Crippen LogP contribution >= 0.6 is 0 Å². The minimum atomic E-state index is -2.50. The van der Waals surface area contributed by atoms with Gasteiger partial charge in [0.2, 0.25) is 0 Å². The average Bonchev–Trinajstić information content (AvgIpc) is 2.47. The molecule has 2 fully saturated rings. The maximum Gasteiger partial charge on any atom is 0.261 e. The number of hydrogen-bond donors (Lipinski definition) is 1. The van der Waals surface area contributed by atoms with E-state index in [4.69, 9.17) is 4.74 Å². The minimum Gasteiger partial charge on any atom is -0.379 e. The fourth-order valence-electron chi connectivity index (χ4n) is 2.02. The van der Waals surface area contributed by atoms with Crippen LogP contribution in [0.4, 0.5) is 8.78 Å². The Bertz CT molecular complexity index is 195. The van der Waals surface area contributed by atoms with Crippen molar-refractivity contribution >= 4 is 0 Å². The number of ether oxygens (including phenoxy) is 1. The Kier molecular flexibility index (Phi) is 2.99. The second-order valence-corrected chi connectivity index (χ2v) is 4.05. The number of morpholine rings is 1. The van der Waals surface area contributed by atoms with E-state index >= 15 is 0 Å². The van der Waals surface area contributed by atoms with Crippen molar-refractivity contribution in [2.45, 2.75) is 18.4 Å². The van der Waals surface area contributed by atoms with Crippen LogP contribution in [0.1, 0.15) is 6.42 Å². The van der Waals surface area contributed by atoms with E-state index < -0.39 is 5.92 Å². The van der Waals surface area contributed by atoms with Gasteiger partial charge in [-0.3, -0.25) is 4.90 Å². The van der Waals surface area contributed by atoms with Gasteiger partial charge >= 0.3 is 0 Å². The summed E-state index contributed by atoms with van der Waals surface area (Å²) in [6.45, 7) is 3.74. The first-order valence-corrected chi connectivity index (χ1v) is 5.07. The van der Waals surface area contributed by atoms with Gasteiger partial charge in [0.1, 0.15) is 0 Å². The molecule has 1 atom stereocenters. The van der Waals surface area contributed by atoms with Gasteiger partial charge in [-0.1, -0.05) is 0 Å². The molecule has 0 aromatic heterocycles. The quantitative estimate of drug-likeness (QED) is 0.704. The van der Waals surface area contributed by atoms with Gasteiger partial charge in [-0.15, -0.1) is 0 Å². The Morgan fingerprint density at radius 2 is 2.07 bits per heavy atom. The van der Waals surface area contributed by atoms with Gasteiger partial charge in [0, 0.05) is 32.1 Å². The zero-order valence-corrected chi connectivity index (χ0v) is 8.14. The van der Waals surface area contributed by atoms with Crippen LogP contribution in [-0.2, 0) is 4.74 Å². The third-order valence-electron chi connectivity index (χ3n) is 2.78. The van der Waals surface area contributed by atoms with Crippen LogP contribution in [0.3, 0.4) is 0 Å². The Balaban J connectivity index is 1.75. The van der Waals surface area contributed by atoms with Crippen molar-refractivity contribution in [3.05, 3.63) is 0 Å². The highest BCUT2D eigenvalue weighted by Crippen LogP contribution is 2.25. The molecule has 0 unspecified atom stereocenters. The summed E-state index contributed by atoms with van der Waals surface area (Å²) in [4.78, 5) is 2.18. The summed E-state index contributed by atoms with van der Waals surface area (Å²) in [5.41, 5.74) is 0. The largest absolute Gasteiger partial charge is 0.379 e. The summed E-state index contributed by atoms with van der Waals surface area (Å²) in [6, 6.07) is -0.0527. The van der Waals surface area contributed by atoms with Crippen LogP contribution in [0.25, 0.3) is 0 Å². The molecule has 2 aliphatic rings. The van der Waals surface area contributed by atoms with Crippen molar-refractivity contribution in [3.63, 3.8) is 0 Å². The van der Waals surface area contributed by atoms with E-state index in [0.717, 1.165) is 32.8 Å². The third kappa shape index (κ3) is 2.62. The SMILES string of the molecule is FC1(F)CN[C@H](CN2CCOCC2)C1. The monoisotopic (exact) mass is 206 g/mol. The van der Waals surface area contributed by atoms with Gasteiger partial charge in [-0.2, -0.15) is 0 Å². The van der Waals surface area contributed by atoms with Gasteiger partial charge < -0.3 is 10.1 Å². The molecule has 1 N–H and O–H groups in total. The number of hydrogen-bond acceptors (Lipinski definition) is 3. The Hall–Kier alpha value is -0.260. The summed E-state index contributed by atoms with van der Waals surface area (Å²) in [7, 11) is 0. The summed E-state index contributed by atoms with van der Waals surface area (Å²) >= 11 is 0. The van der Waals surface area contributed by atoms with Crippen LogP contribution in [-0.4, -0.2) is 56.3 Å². The Morgan fingerprint density at radius 1 is 1.36 bits per heavy atom. The standard InChI is InChI=1S/C9H16F2N2O/c10-9(11)5-8(12-7-9)6-13-1-3-14-4-2-13/h8,12H,1-7H2/t8-/m0/s1. The predicted molar refractivity (Wildman–Crippen MR) is 48.6 cm³/mol. The highest BCUT2D eigenvalue weighted by Gasteiger charge is 2.39. The van der Waals surface area contributed by atoms with E-state index in [1.54, 1.807) is 0 Å². The zero-order chi connectivity index (χ0) is 10.0. The molecule has 2 saturated heterocycles. The van der Waals surface area contributed by atoms with Crippen molar-refractivity contribution < 1.29 is 13.5 Å². The molecule has 5 heteroatoms. The third-order valence-corrected chi connectivity index (χ3v) is 2.78. The van der Waals surface area contributed by atoms with E-state index in [0.29, 0.717) is 0 Å². The molecule has 14 heavy (non-hydrogen) atoms. The van der Waals surface area contributed by atoms with E-state index in [9.17, 15) is 8.78 Å². The molecule has 0 amide bonds. The first-order valence-electron chi connectivity index (χ1n) is 5.07. The van der Waals surface area contributed by atoms with E-state index in [1.165, 1.54) is 0 Å². The molecular formula is C9H16F2N2O. The summed E-state index contributed by atoms with van der Waals surface area (Å²) < 4.78 is 30.9. The maximum atomic E-state index is 12.8. The first kappa shape index (κ1) is 10.3. The topological polar surface area (TPSA) is 24.5 Å². The molecule has 0 radical (unpaired) electrons. The highest BCUT2D eigenvalue weighted by atomic mass is 19.3. The van der Waals surface area contributed by atoms with Gasteiger partial charge in [0.05, 0.1) is 19.8 Å². The summed E-state index contributed by atoms with van der Waals surface area (Å²) in [5, 5.41) is 2.86. The van der Waals surface area contributed by atoms with Crippen LogP contribution < -0.4 is 5.32 Å². The summed E-state index contributed by atoms with van der Waals surface area (Å²) in [6.07, 6.45) is -0.0235. The molecule has 0 aliphatic carbocycles. The van der Waals surface area contributed by atoms with Crippen molar-refractivity contribution in [2.75, 3.05) is 39.4 Å². The normalized spacial score (nSPS) is 33.4. The molecule has 2 heterocycles. The number of nitrogens with one attached hydrogen (secondary N) is 1. The van der Waals surface area contributed by atoms with Gasteiger partial charge in [-0.05, 0) is 0 Å². The molecule has 82 valence electrons. The van der Waals surface area contributed by atoms with Crippen molar-refractivity contribution in [1.82, 2.24) is 10.2 Å². The van der Waals surface area contributed by atoms with Crippen molar-refractivity contribution in [1.29, 1.82) is 0 Å². The molecule has 0 bridgehead atoms. The Morgan fingerprint density at radius 3 is 2.64 bits per heavy atom. The average molecular weight is 206 g/mol. The highest BCUT2D eigenvalue weighted by molar-refractivity contribution is 4.89. The van der Waals surface area contributed by atoms with Crippen LogP contribution in [0.2, 0.25) is 0 Å². The molecule has 0 saturated carbocycles. The Labute approximate surface area is 82.4 Å². The number of nitrogens with zero attached hydrogens (tertiary/aromatic N) is 1. The summed E-state index contributed by atoms with van der Waals surface area (Å²) in [5.74, 6) is -2.50. The van der Waals surface area contributed by atoms with Crippen LogP contribution in [0.15, 0.2) is 0 Å². The van der Waals surface area contributed by atoms with Crippen molar-refractivity contribution in [2.24, 2.45) is 0 Å². The molecule has 0 aromatic rings. The lowest BCUT2D eigenvalue weighted by atomic mass is 10.2. The van der Waals surface area contributed by atoms with Gasteiger partial charge in [0.25, 0.3) is 5.92 Å². The lowest BCUT2D eigenvalue weighted by molar-refractivity contribution is 0.0143. The second-order valence-electron chi connectivity index (χ2n) is 4.05. The molecule has 2 aliphatic heterocycles. The molecule has 2 rings (SSSR count). The van der Waals surface area contributed by atoms with Gasteiger partial charge in [0.15, 0.2) is 0 Å². The number of halogens is 2. The van der Waals surface area contributed by atoms with Crippen molar-refractivity contribution in [3.8, 4) is 0 Å². The maximum absolute atomic E-state index is 12.8. The minimum absolute atomic E-state index is 0.0235. The second kappa shape index (κ2) is 4.08. The lowest BCUT2D eigenvalue weighted by Crippen LogP contribution is -2.43. The lowest BCUT2D eigenvalue weighted by Gasteiger charge is -2.28. The fourth-order valence-corrected chi connectivity index (χ4v) is 2.02. The molecule has 0 spiro atoms. The van der Waals surface area contributed by atoms with E-state index in [-0.39, 0.29) is 19.0 Å². The zero-order valence-electron chi connectivity index (χ0n) is 8.14. The van der Waals surface area contributed by atoms with E-state index in [1.807, 2.05) is 0 Å². The molecule has 3 nitrogen and oxygen atoms in total. The fraction of sp³-hybridized carbons (Fsp3) is 1.00. The molecule has 0 aromatic carbocycles. The first-order chi connectivity index (χ1) is 6.66. The smallest absolute Gasteiger partial charge is 0.261 e. The number of alkyl halides is 2. The number of rotatable bonds is 2. The van der Waals surface area contributed by atoms with Gasteiger partial charge in [-0.25, -0.2) is 8.78 Å². The van der Waals surface area contributed by atoms with Crippen LogP contribution in [0, 0.1) is 0 Å². The van der Waals surface area contributed by atoms with Crippen LogP contribution in [0.5, 0.6) is 0 Å².